The molecule has 0 spiro atoms. The molecule has 2 aliphatic rings. The van der Waals surface area contributed by atoms with Crippen LogP contribution in [-0.4, -0.2) is 21.0 Å². The van der Waals surface area contributed by atoms with E-state index in [1.54, 1.807) is 6.07 Å². The molecule has 0 amide bonds. The second kappa shape index (κ2) is 6.13. The molecule has 2 saturated carbocycles. The maximum Gasteiger partial charge on any atom is 0.241 e. The van der Waals surface area contributed by atoms with Crippen molar-refractivity contribution in [3.8, 4) is 0 Å². The zero-order chi connectivity index (χ0) is 14.0. The van der Waals surface area contributed by atoms with Gasteiger partial charge in [0.15, 0.2) is 0 Å². The van der Waals surface area contributed by atoms with Crippen molar-refractivity contribution in [3.05, 3.63) is 16.3 Å². The van der Waals surface area contributed by atoms with Crippen molar-refractivity contribution in [2.45, 2.75) is 56.0 Å². The third-order valence-electron chi connectivity index (χ3n) is 4.16. The van der Waals surface area contributed by atoms with Crippen LogP contribution in [0, 0.1) is 5.92 Å². The standard InChI is InChI=1S/C14H22N2O2S2/c17-20(18,16-9-11-3-1-2-4-11)14-7-8-19-13(14)10-15-12-5-6-12/h7-8,11-12,15-16H,1-6,9-10H2. The first-order valence-electron chi connectivity index (χ1n) is 7.44. The summed E-state index contributed by atoms with van der Waals surface area (Å²) >= 11 is 1.52. The maximum atomic E-state index is 12.4. The molecule has 0 bridgehead atoms. The highest BCUT2D eigenvalue weighted by molar-refractivity contribution is 7.89. The Kier molecular flexibility index (Phi) is 4.45. The number of thiophene rings is 1. The summed E-state index contributed by atoms with van der Waals surface area (Å²) in [6, 6.07) is 2.32. The Morgan fingerprint density at radius 1 is 1.20 bits per heavy atom. The van der Waals surface area contributed by atoms with Gasteiger partial charge in [0.05, 0.1) is 4.90 Å². The van der Waals surface area contributed by atoms with Gasteiger partial charge >= 0.3 is 0 Å². The fraction of sp³-hybridized carbons (Fsp3) is 0.714. The molecule has 0 aromatic carbocycles. The number of sulfonamides is 1. The van der Waals surface area contributed by atoms with Crippen LogP contribution in [-0.2, 0) is 16.6 Å². The summed E-state index contributed by atoms with van der Waals surface area (Å²) in [6.07, 6.45) is 7.22. The second-order valence-corrected chi connectivity index (χ2v) is 8.60. The average molecular weight is 314 g/mol. The minimum absolute atomic E-state index is 0.466. The molecule has 20 heavy (non-hydrogen) atoms. The predicted octanol–water partition coefficient (Wildman–Crippen LogP) is 2.47. The first-order valence-corrected chi connectivity index (χ1v) is 9.81. The second-order valence-electron chi connectivity index (χ2n) is 5.87. The molecule has 6 heteroatoms. The number of hydrogen-bond donors (Lipinski definition) is 2. The van der Waals surface area contributed by atoms with Gasteiger partial charge < -0.3 is 5.32 Å². The number of hydrogen-bond acceptors (Lipinski definition) is 4. The Hall–Kier alpha value is -0.430. The van der Waals surface area contributed by atoms with Crippen LogP contribution in [0.4, 0.5) is 0 Å². The van der Waals surface area contributed by atoms with E-state index in [9.17, 15) is 8.42 Å². The largest absolute Gasteiger partial charge is 0.309 e. The van der Waals surface area contributed by atoms with Gasteiger partial charge in [0.2, 0.25) is 10.0 Å². The van der Waals surface area contributed by atoms with Gasteiger partial charge in [-0.2, -0.15) is 0 Å². The van der Waals surface area contributed by atoms with Crippen LogP contribution in [0.2, 0.25) is 0 Å². The van der Waals surface area contributed by atoms with E-state index in [1.165, 1.54) is 37.0 Å². The third-order valence-corrected chi connectivity index (χ3v) is 6.72. The highest BCUT2D eigenvalue weighted by Crippen LogP contribution is 2.27. The molecule has 1 heterocycles. The molecule has 2 fully saturated rings. The van der Waals surface area contributed by atoms with Crippen molar-refractivity contribution in [2.24, 2.45) is 5.92 Å². The minimum atomic E-state index is -3.34. The SMILES string of the molecule is O=S(=O)(NCC1CCCC1)c1ccsc1CNC1CC1. The van der Waals surface area contributed by atoms with E-state index >= 15 is 0 Å². The fourth-order valence-corrected chi connectivity index (χ4v) is 5.25. The van der Waals surface area contributed by atoms with Gasteiger partial charge in [-0.15, -0.1) is 11.3 Å². The van der Waals surface area contributed by atoms with Crippen LogP contribution in [0.3, 0.4) is 0 Å². The number of nitrogens with one attached hydrogen (secondary N) is 2. The number of rotatable bonds is 7. The van der Waals surface area contributed by atoms with Crippen LogP contribution < -0.4 is 10.0 Å². The Bertz CT molecular complexity index is 543. The summed E-state index contributed by atoms with van der Waals surface area (Å²) in [5, 5.41) is 5.26. The zero-order valence-electron chi connectivity index (χ0n) is 11.6. The van der Waals surface area contributed by atoms with Crippen molar-refractivity contribution in [2.75, 3.05) is 6.54 Å². The van der Waals surface area contributed by atoms with Gasteiger partial charge in [0, 0.05) is 24.0 Å². The van der Waals surface area contributed by atoms with E-state index in [0.717, 1.165) is 17.7 Å². The topological polar surface area (TPSA) is 58.2 Å². The smallest absolute Gasteiger partial charge is 0.241 e. The first-order chi connectivity index (χ1) is 9.65. The molecule has 1 aromatic rings. The molecule has 0 radical (unpaired) electrons. The van der Waals surface area contributed by atoms with Crippen LogP contribution in [0.1, 0.15) is 43.4 Å². The molecule has 0 aliphatic heterocycles. The molecule has 2 N–H and O–H groups in total. The predicted molar refractivity (Wildman–Crippen MR) is 81.3 cm³/mol. The highest BCUT2D eigenvalue weighted by atomic mass is 32.2. The quantitative estimate of drug-likeness (QED) is 0.813. The molecular formula is C14H22N2O2S2. The van der Waals surface area contributed by atoms with Gasteiger partial charge in [-0.3, -0.25) is 0 Å². The lowest BCUT2D eigenvalue weighted by atomic mass is 10.1. The Morgan fingerprint density at radius 2 is 1.95 bits per heavy atom. The van der Waals surface area contributed by atoms with E-state index in [0.29, 0.717) is 29.9 Å². The van der Waals surface area contributed by atoms with Crippen molar-refractivity contribution >= 4 is 21.4 Å². The van der Waals surface area contributed by atoms with Gasteiger partial charge in [0.25, 0.3) is 0 Å². The summed E-state index contributed by atoms with van der Waals surface area (Å²) in [5.41, 5.74) is 0. The summed E-state index contributed by atoms with van der Waals surface area (Å²) in [5.74, 6) is 0.524. The average Bonchev–Trinajstić information content (AvgIpc) is 2.94. The molecule has 4 nitrogen and oxygen atoms in total. The molecule has 1 aromatic heterocycles. The Morgan fingerprint density at radius 3 is 2.65 bits per heavy atom. The van der Waals surface area contributed by atoms with Crippen molar-refractivity contribution < 1.29 is 8.42 Å². The van der Waals surface area contributed by atoms with E-state index in [4.69, 9.17) is 0 Å². The van der Waals surface area contributed by atoms with Crippen molar-refractivity contribution in [1.29, 1.82) is 0 Å². The lowest BCUT2D eigenvalue weighted by Crippen LogP contribution is -2.29. The van der Waals surface area contributed by atoms with Gasteiger partial charge in [-0.25, -0.2) is 13.1 Å². The van der Waals surface area contributed by atoms with Crippen LogP contribution >= 0.6 is 11.3 Å². The normalized spacial score (nSPS) is 20.6. The fourth-order valence-electron chi connectivity index (χ4n) is 2.74. The summed E-state index contributed by atoms with van der Waals surface area (Å²) in [4.78, 5) is 1.39. The van der Waals surface area contributed by atoms with Crippen molar-refractivity contribution in [3.63, 3.8) is 0 Å². The highest BCUT2D eigenvalue weighted by Gasteiger charge is 2.25. The zero-order valence-corrected chi connectivity index (χ0v) is 13.2. The molecule has 112 valence electrons. The van der Waals surface area contributed by atoms with Crippen LogP contribution in [0.25, 0.3) is 0 Å². The van der Waals surface area contributed by atoms with Gasteiger partial charge in [-0.05, 0) is 43.0 Å². The summed E-state index contributed by atoms with van der Waals surface area (Å²) in [6.45, 7) is 1.26. The van der Waals surface area contributed by atoms with E-state index in [-0.39, 0.29) is 0 Å². The lowest BCUT2D eigenvalue weighted by molar-refractivity contribution is 0.519. The molecule has 0 saturated heterocycles. The summed E-state index contributed by atoms with van der Waals surface area (Å²) in [7, 11) is -3.34. The summed E-state index contributed by atoms with van der Waals surface area (Å²) < 4.78 is 27.6. The van der Waals surface area contributed by atoms with Crippen LogP contribution in [0.15, 0.2) is 16.3 Å². The molecular weight excluding hydrogens is 292 g/mol. The Labute approximate surface area is 125 Å². The van der Waals surface area contributed by atoms with E-state index in [1.807, 2.05) is 5.38 Å². The maximum absolute atomic E-state index is 12.4. The minimum Gasteiger partial charge on any atom is -0.309 e. The van der Waals surface area contributed by atoms with Gasteiger partial charge in [-0.1, -0.05) is 12.8 Å². The van der Waals surface area contributed by atoms with Crippen LogP contribution in [0.5, 0.6) is 0 Å². The molecule has 2 aliphatic carbocycles. The van der Waals surface area contributed by atoms with E-state index < -0.39 is 10.0 Å². The first kappa shape index (κ1) is 14.5. The van der Waals surface area contributed by atoms with E-state index in [2.05, 4.69) is 10.0 Å². The monoisotopic (exact) mass is 314 g/mol. The molecule has 0 unspecified atom stereocenters. The third kappa shape index (κ3) is 3.61. The molecule has 0 atom stereocenters. The Balaban J connectivity index is 1.61. The lowest BCUT2D eigenvalue weighted by Gasteiger charge is -2.12. The van der Waals surface area contributed by atoms with Crippen molar-refractivity contribution in [1.82, 2.24) is 10.0 Å². The van der Waals surface area contributed by atoms with Gasteiger partial charge in [0.1, 0.15) is 0 Å². The molecule has 3 rings (SSSR count).